The number of morpholine rings is 1. The number of hydrogen-bond acceptors (Lipinski definition) is 6. The van der Waals surface area contributed by atoms with Gasteiger partial charge in [0.2, 0.25) is 5.91 Å². The van der Waals surface area contributed by atoms with Crippen LogP contribution >= 0.6 is 11.3 Å². The van der Waals surface area contributed by atoms with Crippen molar-refractivity contribution in [3.63, 3.8) is 0 Å². The smallest absolute Gasteiger partial charge is 0.307 e. The number of carbonyl (C=O) groups is 2. The molecular weight excluding hydrogens is 426 g/mol. The third kappa shape index (κ3) is 6.23. The van der Waals surface area contributed by atoms with Crippen molar-refractivity contribution >= 4 is 28.9 Å². The van der Waals surface area contributed by atoms with Crippen molar-refractivity contribution in [1.29, 1.82) is 0 Å². The maximum Gasteiger partial charge on any atom is 0.307 e. The molecule has 0 radical (unpaired) electrons. The van der Waals surface area contributed by atoms with Crippen LogP contribution in [0.5, 0.6) is 0 Å². The lowest BCUT2D eigenvalue weighted by atomic mass is 10.1. The third-order valence-electron chi connectivity index (χ3n) is 5.17. The number of aromatic nitrogens is 1. The first kappa shape index (κ1) is 22.1. The molecule has 0 aliphatic carbocycles. The molecule has 32 heavy (non-hydrogen) atoms. The van der Waals surface area contributed by atoms with Crippen LogP contribution in [0, 0.1) is 0 Å². The Hall–Kier alpha value is -3.07. The second-order valence-electron chi connectivity index (χ2n) is 7.73. The summed E-state index contributed by atoms with van der Waals surface area (Å²) in [7, 11) is 0. The predicted molar refractivity (Wildman–Crippen MR) is 124 cm³/mol. The highest BCUT2D eigenvalue weighted by atomic mass is 32.1. The zero-order chi connectivity index (χ0) is 22.3. The van der Waals surface area contributed by atoms with Crippen LogP contribution < -0.4 is 5.32 Å². The first-order chi connectivity index (χ1) is 15.5. The van der Waals surface area contributed by atoms with Crippen LogP contribution in [0.15, 0.2) is 53.9 Å². The molecule has 0 bridgehead atoms. The van der Waals surface area contributed by atoms with E-state index in [-0.39, 0.29) is 18.7 Å². The van der Waals surface area contributed by atoms with Gasteiger partial charge in [-0.3, -0.25) is 14.5 Å². The van der Waals surface area contributed by atoms with Crippen LogP contribution in [0.2, 0.25) is 0 Å². The molecule has 2 N–H and O–H groups in total. The van der Waals surface area contributed by atoms with Gasteiger partial charge in [0, 0.05) is 36.3 Å². The van der Waals surface area contributed by atoms with E-state index >= 15 is 0 Å². The van der Waals surface area contributed by atoms with Crippen LogP contribution in [0.4, 0.5) is 5.69 Å². The molecule has 1 fully saturated rings. The topological polar surface area (TPSA) is 91.8 Å². The van der Waals surface area contributed by atoms with Gasteiger partial charge in [-0.1, -0.05) is 30.3 Å². The highest BCUT2D eigenvalue weighted by molar-refractivity contribution is 7.13. The van der Waals surface area contributed by atoms with E-state index in [1.165, 1.54) is 16.9 Å². The van der Waals surface area contributed by atoms with E-state index in [0.717, 1.165) is 49.1 Å². The molecule has 166 valence electrons. The Balaban J connectivity index is 1.34. The van der Waals surface area contributed by atoms with Gasteiger partial charge in [0.15, 0.2) is 0 Å². The summed E-state index contributed by atoms with van der Waals surface area (Å²) in [6.07, 6.45) is 0.143. The molecular formula is C24H25N3O4S. The number of hydrogen-bond donors (Lipinski definition) is 2. The number of carboxylic acids is 1. The van der Waals surface area contributed by atoms with Crippen LogP contribution in [0.1, 0.15) is 16.8 Å². The minimum Gasteiger partial charge on any atom is -0.481 e. The summed E-state index contributed by atoms with van der Waals surface area (Å²) in [5, 5.41) is 14.5. The first-order valence-electron chi connectivity index (χ1n) is 10.5. The van der Waals surface area contributed by atoms with E-state index < -0.39 is 5.97 Å². The number of benzene rings is 2. The number of anilines is 1. The molecule has 0 spiro atoms. The summed E-state index contributed by atoms with van der Waals surface area (Å²) in [5.41, 5.74) is 4.35. The SMILES string of the molecule is O=C(O)Cc1ccc(NC(=O)Cc2csc(-c3cccc(CN4CCOCC4)c3)n2)cc1. The van der Waals surface area contributed by atoms with Gasteiger partial charge in [-0.25, -0.2) is 4.98 Å². The average Bonchev–Trinajstić information content (AvgIpc) is 3.24. The Morgan fingerprint density at radius 1 is 1.06 bits per heavy atom. The zero-order valence-corrected chi connectivity index (χ0v) is 18.4. The van der Waals surface area contributed by atoms with E-state index in [4.69, 9.17) is 9.84 Å². The van der Waals surface area contributed by atoms with Crippen LogP contribution in [0.3, 0.4) is 0 Å². The van der Waals surface area contributed by atoms with Crippen molar-refractivity contribution in [3.8, 4) is 10.6 Å². The van der Waals surface area contributed by atoms with Gasteiger partial charge in [0.25, 0.3) is 0 Å². The van der Waals surface area contributed by atoms with Crippen molar-refractivity contribution in [2.75, 3.05) is 31.6 Å². The molecule has 1 saturated heterocycles. The Morgan fingerprint density at radius 2 is 1.84 bits per heavy atom. The maximum atomic E-state index is 12.4. The standard InChI is InChI=1S/C24H25N3O4S/c28-22(25-20-6-4-17(5-7-20)13-23(29)30)14-21-16-32-24(26-21)19-3-1-2-18(12-19)15-27-8-10-31-11-9-27/h1-7,12,16H,8-11,13-15H2,(H,25,28)(H,29,30). The van der Waals surface area contributed by atoms with Gasteiger partial charge in [-0.15, -0.1) is 11.3 Å². The van der Waals surface area contributed by atoms with Crippen molar-refractivity contribution in [3.05, 3.63) is 70.7 Å². The fourth-order valence-electron chi connectivity index (χ4n) is 3.59. The summed E-state index contributed by atoms with van der Waals surface area (Å²) in [6.45, 7) is 4.35. The molecule has 8 heteroatoms. The molecule has 0 unspecified atom stereocenters. The highest BCUT2D eigenvalue weighted by Gasteiger charge is 2.13. The molecule has 2 heterocycles. The molecule has 2 aromatic carbocycles. The van der Waals surface area contributed by atoms with Gasteiger partial charge in [0.1, 0.15) is 5.01 Å². The summed E-state index contributed by atoms with van der Waals surface area (Å²) in [5.74, 6) is -1.04. The molecule has 0 saturated carbocycles. The minimum atomic E-state index is -0.882. The summed E-state index contributed by atoms with van der Waals surface area (Å²) >= 11 is 1.53. The minimum absolute atomic E-state index is 0.0382. The van der Waals surface area contributed by atoms with Crippen LogP contribution in [-0.2, 0) is 33.7 Å². The van der Waals surface area contributed by atoms with Crippen molar-refractivity contribution in [2.24, 2.45) is 0 Å². The normalized spacial score (nSPS) is 14.2. The monoisotopic (exact) mass is 451 g/mol. The summed E-state index contributed by atoms with van der Waals surface area (Å²) in [4.78, 5) is 30.2. The van der Waals surface area contributed by atoms with Crippen molar-refractivity contribution in [2.45, 2.75) is 19.4 Å². The van der Waals surface area contributed by atoms with E-state index in [1.807, 2.05) is 17.5 Å². The van der Waals surface area contributed by atoms with Gasteiger partial charge in [0.05, 0.1) is 31.7 Å². The molecule has 1 aliphatic heterocycles. The number of aliphatic carboxylic acids is 1. The molecule has 7 nitrogen and oxygen atoms in total. The van der Waals surface area contributed by atoms with Crippen LogP contribution in [-0.4, -0.2) is 53.2 Å². The second-order valence-corrected chi connectivity index (χ2v) is 8.58. The first-order valence-corrected chi connectivity index (χ1v) is 11.4. The number of nitrogens with zero attached hydrogens (tertiary/aromatic N) is 2. The van der Waals surface area contributed by atoms with Gasteiger partial charge >= 0.3 is 5.97 Å². The number of thiazole rings is 1. The average molecular weight is 452 g/mol. The predicted octanol–water partition coefficient (Wildman–Crippen LogP) is 3.45. The molecule has 0 atom stereocenters. The lowest BCUT2D eigenvalue weighted by Crippen LogP contribution is -2.35. The zero-order valence-electron chi connectivity index (χ0n) is 17.6. The lowest BCUT2D eigenvalue weighted by molar-refractivity contribution is -0.136. The van der Waals surface area contributed by atoms with Crippen LogP contribution in [0.25, 0.3) is 10.6 Å². The molecule has 1 aromatic heterocycles. The lowest BCUT2D eigenvalue weighted by Gasteiger charge is -2.26. The largest absolute Gasteiger partial charge is 0.481 e. The molecule has 1 aliphatic rings. The highest BCUT2D eigenvalue weighted by Crippen LogP contribution is 2.25. The van der Waals surface area contributed by atoms with E-state index in [0.29, 0.717) is 11.3 Å². The van der Waals surface area contributed by atoms with E-state index in [9.17, 15) is 9.59 Å². The van der Waals surface area contributed by atoms with Gasteiger partial charge in [-0.05, 0) is 29.3 Å². The molecule has 3 aromatic rings. The molecule has 1 amide bonds. The number of amides is 1. The van der Waals surface area contributed by atoms with Crippen molar-refractivity contribution in [1.82, 2.24) is 9.88 Å². The fraction of sp³-hybridized carbons (Fsp3) is 0.292. The fourth-order valence-corrected chi connectivity index (χ4v) is 4.41. The Morgan fingerprint density at radius 3 is 2.59 bits per heavy atom. The summed E-state index contributed by atoms with van der Waals surface area (Å²) < 4.78 is 5.42. The third-order valence-corrected chi connectivity index (χ3v) is 6.11. The number of ether oxygens (including phenoxy) is 1. The number of rotatable bonds is 8. The maximum absolute atomic E-state index is 12.4. The van der Waals surface area contributed by atoms with E-state index in [2.05, 4.69) is 27.3 Å². The number of carbonyl (C=O) groups excluding carboxylic acids is 1. The Labute approximate surface area is 190 Å². The van der Waals surface area contributed by atoms with Crippen molar-refractivity contribution < 1.29 is 19.4 Å². The quantitative estimate of drug-likeness (QED) is 0.545. The Kier molecular flexibility index (Phi) is 7.26. The Bertz CT molecular complexity index is 1070. The molecule has 4 rings (SSSR count). The van der Waals surface area contributed by atoms with Gasteiger partial charge < -0.3 is 15.2 Å². The van der Waals surface area contributed by atoms with Gasteiger partial charge in [-0.2, -0.15) is 0 Å². The van der Waals surface area contributed by atoms with E-state index in [1.54, 1.807) is 24.3 Å². The number of carboxylic acid groups (broad SMARTS) is 1. The summed E-state index contributed by atoms with van der Waals surface area (Å²) in [6, 6.07) is 15.2. The number of nitrogens with one attached hydrogen (secondary N) is 1. The second kappa shape index (κ2) is 10.5.